The lowest BCUT2D eigenvalue weighted by atomic mass is 10.0. The Bertz CT molecular complexity index is 403. The van der Waals surface area contributed by atoms with E-state index in [4.69, 9.17) is 22.1 Å². The number of hydrogen-bond donors (Lipinski definition) is 1. The molecular formula is C15H23ClN2O. The maximum Gasteiger partial charge on any atom is 0.0678 e. The SMILES string of the molecule is C[C@@H]1CN(CCC(N)c2ccccc2Cl)C[C@H](C)O1. The lowest BCUT2D eigenvalue weighted by molar-refractivity contribution is -0.0684. The number of halogens is 1. The molecule has 1 aliphatic rings. The van der Waals surface area contributed by atoms with Gasteiger partial charge in [0, 0.05) is 30.7 Å². The molecule has 19 heavy (non-hydrogen) atoms. The Labute approximate surface area is 120 Å². The molecule has 2 rings (SSSR count). The first-order chi connectivity index (χ1) is 9.06. The van der Waals surface area contributed by atoms with Gasteiger partial charge in [-0.3, -0.25) is 4.90 Å². The van der Waals surface area contributed by atoms with Gasteiger partial charge in [-0.1, -0.05) is 29.8 Å². The minimum Gasteiger partial charge on any atom is -0.373 e. The van der Waals surface area contributed by atoms with Gasteiger partial charge in [-0.2, -0.15) is 0 Å². The topological polar surface area (TPSA) is 38.5 Å². The van der Waals surface area contributed by atoms with Crippen LogP contribution >= 0.6 is 11.6 Å². The van der Waals surface area contributed by atoms with Crippen molar-refractivity contribution in [1.82, 2.24) is 4.90 Å². The molecule has 4 heteroatoms. The molecule has 0 radical (unpaired) electrons. The maximum absolute atomic E-state index is 6.24. The zero-order valence-electron chi connectivity index (χ0n) is 11.7. The number of nitrogens with two attached hydrogens (primary N) is 1. The van der Waals surface area contributed by atoms with Crippen LogP contribution in [0.5, 0.6) is 0 Å². The number of nitrogens with zero attached hydrogens (tertiary/aromatic N) is 1. The van der Waals surface area contributed by atoms with Crippen LogP contribution in [0.3, 0.4) is 0 Å². The average Bonchev–Trinajstić information content (AvgIpc) is 2.35. The zero-order valence-corrected chi connectivity index (χ0v) is 12.4. The van der Waals surface area contributed by atoms with Crippen molar-refractivity contribution in [2.75, 3.05) is 19.6 Å². The molecule has 0 spiro atoms. The fraction of sp³-hybridized carbons (Fsp3) is 0.600. The number of rotatable bonds is 4. The van der Waals surface area contributed by atoms with Gasteiger partial charge < -0.3 is 10.5 Å². The van der Waals surface area contributed by atoms with Crippen molar-refractivity contribution in [2.24, 2.45) is 5.73 Å². The Hall–Kier alpha value is -0.610. The molecule has 1 aliphatic heterocycles. The quantitative estimate of drug-likeness (QED) is 0.923. The summed E-state index contributed by atoms with van der Waals surface area (Å²) < 4.78 is 5.73. The Balaban J connectivity index is 1.87. The Morgan fingerprint density at radius 3 is 2.58 bits per heavy atom. The van der Waals surface area contributed by atoms with Crippen molar-refractivity contribution in [3.05, 3.63) is 34.9 Å². The monoisotopic (exact) mass is 282 g/mol. The van der Waals surface area contributed by atoms with Crippen LogP contribution in [0.25, 0.3) is 0 Å². The predicted octanol–water partition coefficient (Wildman–Crippen LogP) is 2.84. The molecule has 106 valence electrons. The summed E-state index contributed by atoms with van der Waals surface area (Å²) in [6.45, 7) is 7.21. The molecule has 0 bridgehead atoms. The van der Waals surface area contributed by atoms with Gasteiger partial charge in [-0.25, -0.2) is 0 Å². The lowest BCUT2D eigenvalue weighted by Crippen LogP contribution is -2.46. The van der Waals surface area contributed by atoms with E-state index in [0.29, 0.717) is 12.2 Å². The molecule has 3 nitrogen and oxygen atoms in total. The minimum atomic E-state index is 0.00200. The van der Waals surface area contributed by atoms with Crippen LogP contribution in [-0.2, 0) is 4.74 Å². The van der Waals surface area contributed by atoms with Crippen molar-refractivity contribution >= 4 is 11.6 Å². The third kappa shape index (κ3) is 4.18. The highest BCUT2D eigenvalue weighted by molar-refractivity contribution is 6.31. The lowest BCUT2D eigenvalue weighted by Gasteiger charge is -2.35. The van der Waals surface area contributed by atoms with Gasteiger partial charge in [0.1, 0.15) is 0 Å². The van der Waals surface area contributed by atoms with Gasteiger partial charge in [0.05, 0.1) is 12.2 Å². The van der Waals surface area contributed by atoms with Gasteiger partial charge in [-0.05, 0) is 31.9 Å². The van der Waals surface area contributed by atoms with E-state index in [1.54, 1.807) is 0 Å². The standard InChI is InChI=1S/C15H23ClN2O/c1-11-9-18(10-12(2)19-11)8-7-15(17)13-5-3-4-6-14(13)16/h3-6,11-12,15H,7-10,17H2,1-2H3/t11-,12+,15?. The highest BCUT2D eigenvalue weighted by atomic mass is 35.5. The second-order valence-electron chi connectivity index (χ2n) is 5.43. The number of hydrogen-bond acceptors (Lipinski definition) is 3. The Kier molecular flexibility index (Phi) is 5.22. The summed E-state index contributed by atoms with van der Waals surface area (Å²) >= 11 is 6.17. The van der Waals surface area contributed by atoms with E-state index in [1.165, 1.54) is 0 Å². The normalized spacial score (nSPS) is 26.3. The summed E-state index contributed by atoms with van der Waals surface area (Å²) in [4.78, 5) is 2.43. The predicted molar refractivity (Wildman–Crippen MR) is 79.4 cm³/mol. The summed E-state index contributed by atoms with van der Waals surface area (Å²) in [6, 6.07) is 7.83. The minimum absolute atomic E-state index is 0.00200. The highest BCUT2D eigenvalue weighted by Crippen LogP contribution is 2.23. The molecule has 0 saturated carbocycles. The van der Waals surface area contributed by atoms with Crippen molar-refractivity contribution < 1.29 is 4.74 Å². The van der Waals surface area contributed by atoms with Crippen LogP contribution in [0.4, 0.5) is 0 Å². The Morgan fingerprint density at radius 2 is 1.95 bits per heavy atom. The fourth-order valence-electron chi connectivity index (χ4n) is 2.72. The molecule has 3 atom stereocenters. The first kappa shape index (κ1) is 14.8. The molecule has 0 amide bonds. The van der Waals surface area contributed by atoms with E-state index < -0.39 is 0 Å². The number of ether oxygens (including phenoxy) is 1. The van der Waals surface area contributed by atoms with E-state index >= 15 is 0 Å². The maximum atomic E-state index is 6.24. The summed E-state index contributed by atoms with van der Waals surface area (Å²) in [5.74, 6) is 0. The average molecular weight is 283 g/mol. The van der Waals surface area contributed by atoms with Crippen LogP contribution < -0.4 is 5.73 Å². The van der Waals surface area contributed by atoms with E-state index in [2.05, 4.69) is 18.7 Å². The largest absolute Gasteiger partial charge is 0.373 e. The van der Waals surface area contributed by atoms with E-state index in [9.17, 15) is 0 Å². The van der Waals surface area contributed by atoms with Gasteiger partial charge in [0.25, 0.3) is 0 Å². The molecule has 0 aliphatic carbocycles. The van der Waals surface area contributed by atoms with Crippen molar-refractivity contribution in [1.29, 1.82) is 0 Å². The molecule has 1 unspecified atom stereocenters. The van der Waals surface area contributed by atoms with Gasteiger partial charge in [0.2, 0.25) is 0 Å². The van der Waals surface area contributed by atoms with Gasteiger partial charge in [-0.15, -0.1) is 0 Å². The number of morpholine rings is 1. The molecule has 1 fully saturated rings. The summed E-state index contributed by atoms with van der Waals surface area (Å²) in [7, 11) is 0. The van der Waals surface area contributed by atoms with Gasteiger partial charge >= 0.3 is 0 Å². The summed E-state index contributed by atoms with van der Waals surface area (Å²) in [5.41, 5.74) is 7.28. The summed E-state index contributed by atoms with van der Waals surface area (Å²) in [6.07, 6.45) is 1.53. The molecule has 1 aromatic carbocycles. The molecule has 0 aromatic heterocycles. The van der Waals surface area contributed by atoms with Gasteiger partial charge in [0.15, 0.2) is 0 Å². The summed E-state index contributed by atoms with van der Waals surface area (Å²) in [5, 5.41) is 0.763. The van der Waals surface area contributed by atoms with E-state index in [0.717, 1.165) is 36.6 Å². The fourth-order valence-corrected chi connectivity index (χ4v) is 3.00. The zero-order chi connectivity index (χ0) is 13.8. The third-order valence-electron chi connectivity index (χ3n) is 3.56. The molecule has 1 saturated heterocycles. The second-order valence-corrected chi connectivity index (χ2v) is 5.84. The molecule has 2 N–H and O–H groups in total. The molecular weight excluding hydrogens is 260 g/mol. The van der Waals surface area contributed by atoms with Crippen LogP contribution in [-0.4, -0.2) is 36.7 Å². The molecule has 1 heterocycles. The van der Waals surface area contributed by atoms with E-state index in [-0.39, 0.29) is 6.04 Å². The van der Waals surface area contributed by atoms with Crippen molar-refractivity contribution in [2.45, 2.75) is 38.5 Å². The first-order valence-corrected chi connectivity index (χ1v) is 7.32. The second kappa shape index (κ2) is 6.71. The smallest absolute Gasteiger partial charge is 0.0678 e. The van der Waals surface area contributed by atoms with Crippen molar-refractivity contribution in [3.8, 4) is 0 Å². The van der Waals surface area contributed by atoms with E-state index in [1.807, 2.05) is 24.3 Å². The van der Waals surface area contributed by atoms with Crippen LogP contribution in [0.1, 0.15) is 31.9 Å². The Morgan fingerprint density at radius 1 is 1.32 bits per heavy atom. The van der Waals surface area contributed by atoms with Crippen LogP contribution in [0.2, 0.25) is 5.02 Å². The molecule has 1 aromatic rings. The third-order valence-corrected chi connectivity index (χ3v) is 3.90. The first-order valence-electron chi connectivity index (χ1n) is 6.94. The number of benzene rings is 1. The highest BCUT2D eigenvalue weighted by Gasteiger charge is 2.22. The van der Waals surface area contributed by atoms with Crippen molar-refractivity contribution in [3.63, 3.8) is 0 Å². The van der Waals surface area contributed by atoms with Crippen LogP contribution in [0.15, 0.2) is 24.3 Å². The van der Waals surface area contributed by atoms with Crippen LogP contribution in [0, 0.1) is 0 Å².